The van der Waals surface area contributed by atoms with Gasteiger partial charge in [0.1, 0.15) is 11.6 Å². The summed E-state index contributed by atoms with van der Waals surface area (Å²) in [6.45, 7) is 9.60. The average Bonchev–Trinajstić information content (AvgIpc) is 3.85. The number of hydrogen-bond acceptors (Lipinski definition) is 10. The SMILES string of the molecule is Cn1c(SCCCN2CC[C@@]3(C[C@@H]3c3ccc(C(F)(F)F)cc3)C2)nnc1C1CCOCC1.Cn1c(SCCCN2CC[C@]3(C[C@H]3c3ccc(C(F)(F)F)cc3)C2)nnc1C1CCOCC1. The summed E-state index contributed by atoms with van der Waals surface area (Å²) in [6, 6.07) is 11.6. The molecule has 0 unspecified atom stereocenters. The van der Waals surface area contributed by atoms with Gasteiger partial charge in [-0.3, -0.25) is 0 Å². The molecular formula is C48H62F6N8O2S2. The molecule has 0 radical (unpaired) electrons. The van der Waals surface area contributed by atoms with Crippen molar-refractivity contribution in [3.05, 3.63) is 82.4 Å². The first-order valence-corrected chi connectivity index (χ1v) is 25.7. The van der Waals surface area contributed by atoms with E-state index in [0.717, 1.165) is 174 Å². The molecule has 4 atom stereocenters. The van der Waals surface area contributed by atoms with Crippen molar-refractivity contribution < 1.29 is 35.8 Å². The lowest BCUT2D eigenvalue weighted by Crippen LogP contribution is -2.23. The van der Waals surface area contributed by atoms with E-state index in [1.165, 1.54) is 24.3 Å². The van der Waals surface area contributed by atoms with Crippen LogP contribution in [0.25, 0.3) is 0 Å². The molecule has 6 fully saturated rings. The van der Waals surface area contributed by atoms with Gasteiger partial charge in [-0.05, 0) is 148 Å². The van der Waals surface area contributed by atoms with Crippen LogP contribution in [0.4, 0.5) is 26.3 Å². The van der Waals surface area contributed by atoms with Crippen LogP contribution >= 0.6 is 23.5 Å². The van der Waals surface area contributed by atoms with Crippen molar-refractivity contribution in [3.8, 4) is 0 Å². The number of likely N-dealkylation sites (tertiary alicyclic amines) is 2. The maximum absolute atomic E-state index is 12.8. The number of alkyl halides is 6. The third-order valence-corrected chi connectivity index (χ3v) is 17.4. The number of nitrogens with zero attached hydrogens (tertiary/aromatic N) is 8. The molecule has 66 heavy (non-hydrogen) atoms. The average molecular weight is 961 g/mol. The fourth-order valence-corrected chi connectivity index (χ4v) is 12.8. The van der Waals surface area contributed by atoms with Gasteiger partial charge in [-0.1, -0.05) is 47.8 Å². The van der Waals surface area contributed by atoms with Crippen LogP contribution in [0.1, 0.15) is 122 Å². The van der Waals surface area contributed by atoms with E-state index in [1.54, 1.807) is 47.8 Å². The fraction of sp³-hybridized carbons (Fsp3) is 0.667. The van der Waals surface area contributed by atoms with Crippen molar-refractivity contribution in [1.29, 1.82) is 0 Å². The molecule has 10 nitrogen and oxygen atoms in total. The van der Waals surface area contributed by atoms with Gasteiger partial charge in [0.05, 0.1) is 11.1 Å². The Labute approximate surface area is 392 Å². The van der Waals surface area contributed by atoms with Gasteiger partial charge in [-0.25, -0.2) is 0 Å². The lowest BCUT2D eigenvalue weighted by atomic mass is 9.97. The van der Waals surface area contributed by atoms with Crippen LogP contribution in [0.5, 0.6) is 0 Å². The monoisotopic (exact) mass is 960 g/mol. The lowest BCUT2D eigenvalue weighted by molar-refractivity contribution is -0.138. The Morgan fingerprint density at radius 2 is 0.955 bits per heavy atom. The minimum atomic E-state index is -4.26. The summed E-state index contributed by atoms with van der Waals surface area (Å²) in [5.74, 6) is 5.86. The zero-order valence-electron chi connectivity index (χ0n) is 38.0. The second-order valence-corrected chi connectivity index (χ2v) is 21.6. The first-order chi connectivity index (χ1) is 31.7. The van der Waals surface area contributed by atoms with E-state index in [-0.39, 0.29) is 10.8 Å². The fourth-order valence-electron chi connectivity index (χ4n) is 11.1. The normalized spacial score (nSPS) is 26.4. The molecule has 2 aromatic carbocycles. The van der Waals surface area contributed by atoms with Crippen LogP contribution in [0.15, 0.2) is 58.8 Å². The quantitative estimate of drug-likeness (QED) is 0.0692. The van der Waals surface area contributed by atoms with E-state index < -0.39 is 23.5 Å². The minimum Gasteiger partial charge on any atom is -0.381 e. The summed E-state index contributed by atoms with van der Waals surface area (Å²) in [7, 11) is 4.12. The summed E-state index contributed by atoms with van der Waals surface area (Å²) in [6.07, 6.45) is 2.18. The summed E-state index contributed by atoms with van der Waals surface area (Å²) in [5, 5.41) is 19.7. The van der Waals surface area contributed by atoms with Gasteiger partial charge in [0.15, 0.2) is 10.3 Å². The van der Waals surface area contributed by atoms with Crippen molar-refractivity contribution in [2.75, 3.05) is 77.2 Å². The molecule has 0 amide bonds. The molecule has 2 aromatic heterocycles. The molecule has 6 heterocycles. The Kier molecular flexibility index (Phi) is 14.5. The first kappa shape index (κ1) is 47.9. The second kappa shape index (κ2) is 20.1. The highest BCUT2D eigenvalue weighted by Crippen LogP contribution is 2.65. The predicted molar refractivity (Wildman–Crippen MR) is 243 cm³/mol. The zero-order chi connectivity index (χ0) is 46.1. The van der Waals surface area contributed by atoms with Gasteiger partial charge in [0.25, 0.3) is 0 Å². The van der Waals surface area contributed by atoms with Crippen molar-refractivity contribution in [2.24, 2.45) is 24.9 Å². The van der Waals surface area contributed by atoms with E-state index >= 15 is 0 Å². The highest BCUT2D eigenvalue weighted by atomic mass is 32.2. The predicted octanol–water partition coefficient (Wildman–Crippen LogP) is 10.2. The summed E-state index contributed by atoms with van der Waals surface area (Å²) >= 11 is 3.54. The van der Waals surface area contributed by atoms with Crippen LogP contribution < -0.4 is 0 Å². The van der Waals surface area contributed by atoms with Gasteiger partial charge < -0.3 is 28.4 Å². The van der Waals surface area contributed by atoms with Crippen LogP contribution in [0, 0.1) is 10.8 Å². The first-order valence-electron chi connectivity index (χ1n) is 23.7. The van der Waals surface area contributed by atoms with Crippen molar-refractivity contribution in [3.63, 3.8) is 0 Å². The molecule has 4 aliphatic heterocycles. The third kappa shape index (κ3) is 11.0. The molecule has 18 heteroatoms. The molecule has 4 aromatic rings. The Morgan fingerprint density at radius 3 is 1.32 bits per heavy atom. The number of hydrogen-bond donors (Lipinski definition) is 0. The number of halogens is 6. The molecule has 2 saturated carbocycles. The van der Waals surface area contributed by atoms with Crippen molar-refractivity contribution >= 4 is 23.5 Å². The van der Waals surface area contributed by atoms with E-state index in [9.17, 15) is 26.3 Å². The highest BCUT2D eigenvalue weighted by molar-refractivity contribution is 7.99. The van der Waals surface area contributed by atoms with E-state index in [0.29, 0.717) is 23.7 Å². The maximum Gasteiger partial charge on any atom is 0.416 e. The molecule has 4 saturated heterocycles. The van der Waals surface area contributed by atoms with Crippen LogP contribution in [-0.2, 0) is 35.9 Å². The molecule has 0 N–H and O–H groups in total. The molecule has 2 spiro atoms. The molecule has 6 aliphatic rings. The molecule has 360 valence electrons. The van der Waals surface area contributed by atoms with Crippen LogP contribution in [0.3, 0.4) is 0 Å². The molecular weight excluding hydrogens is 899 g/mol. The number of rotatable bonds is 14. The summed E-state index contributed by atoms with van der Waals surface area (Å²) in [5.41, 5.74) is 1.54. The zero-order valence-corrected chi connectivity index (χ0v) is 39.6. The van der Waals surface area contributed by atoms with Crippen molar-refractivity contribution in [1.82, 2.24) is 39.3 Å². The lowest BCUT2D eigenvalue weighted by Gasteiger charge is -2.21. The standard InChI is InChI=1S/2C24H31F3N4OS/c2*1-30-21(18-7-12-32-13-8-18)28-29-22(30)33-14-2-10-31-11-9-23(16-31)15-20(23)17-3-5-19(6-4-17)24(25,26)27/h2*3-6,18,20H,2,7-16H2,1H3/t2*20-,23-/m10/s1. The largest absolute Gasteiger partial charge is 0.416 e. The Balaban J connectivity index is 0.000000166. The van der Waals surface area contributed by atoms with E-state index in [2.05, 4.69) is 53.4 Å². The van der Waals surface area contributed by atoms with E-state index in [1.807, 2.05) is 0 Å². The van der Waals surface area contributed by atoms with Gasteiger partial charge >= 0.3 is 12.4 Å². The van der Waals surface area contributed by atoms with Gasteiger partial charge in [0, 0.05) is 77.0 Å². The number of ether oxygens (including phenoxy) is 2. The number of thioether (sulfide) groups is 2. The second-order valence-electron chi connectivity index (χ2n) is 19.5. The number of aromatic nitrogens is 6. The Bertz CT molecular complexity index is 2070. The van der Waals surface area contributed by atoms with Gasteiger partial charge in [0.2, 0.25) is 0 Å². The smallest absolute Gasteiger partial charge is 0.381 e. The highest BCUT2D eigenvalue weighted by Gasteiger charge is 2.58. The molecule has 2 aliphatic carbocycles. The Morgan fingerprint density at radius 1 is 0.576 bits per heavy atom. The molecule has 10 rings (SSSR count). The minimum absolute atomic E-state index is 0.273. The summed E-state index contributed by atoms with van der Waals surface area (Å²) < 4.78 is 92.1. The van der Waals surface area contributed by atoms with Crippen LogP contribution in [0.2, 0.25) is 0 Å². The molecule has 0 bridgehead atoms. The van der Waals surface area contributed by atoms with Crippen LogP contribution in [-0.4, -0.2) is 117 Å². The van der Waals surface area contributed by atoms with Gasteiger partial charge in [-0.15, -0.1) is 20.4 Å². The van der Waals surface area contributed by atoms with Gasteiger partial charge in [-0.2, -0.15) is 26.3 Å². The van der Waals surface area contributed by atoms with E-state index in [4.69, 9.17) is 9.47 Å². The van der Waals surface area contributed by atoms with Crippen molar-refractivity contribution in [2.45, 2.75) is 111 Å². The third-order valence-electron chi connectivity index (χ3n) is 15.2. The maximum atomic E-state index is 12.8. The Hall–Kier alpha value is -3.16. The summed E-state index contributed by atoms with van der Waals surface area (Å²) in [4.78, 5) is 5.05. The number of benzene rings is 2. The topological polar surface area (TPSA) is 86.4 Å².